The molecule has 0 saturated carbocycles. The summed E-state index contributed by atoms with van der Waals surface area (Å²) in [6.07, 6.45) is 4.25. The molecular weight excluding hydrogens is 417 g/mol. The molecule has 0 spiro atoms. The van der Waals surface area contributed by atoms with Gasteiger partial charge < -0.3 is 20.1 Å². The largest absolute Gasteiger partial charge is 0.497 e. The molecule has 2 N–H and O–H groups in total. The highest BCUT2D eigenvalue weighted by molar-refractivity contribution is 14.0. The second-order valence-electron chi connectivity index (χ2n) is 6.19. The Hall–Kier alpha value is -1.18. The van der Waals surface area contributed by atoms with Gasteiger partial charge >= 0.3 is 0 Å². The number of methoxy groups -OCH3 is 2. The van der Waals surface area contributed by atoms with Crippen LogP contribution in [0.25, 0.3) is 0 Å². The Kier molecular flexibility index (Phi) is 9.25. The van der Waals surface area contributed by atoms with Crippen LogP contribution in [-0.2, 0) is 6.42 Å². The Morgan fingerprint density at radius 3 is 2.58 bits per heavy atom. The van der Waals surface area contributed by atoms with E-state index in [-0.39, 0.29) is 24.0 Å². The van der Waals surface area contributed by atoms with Crippen LogP contribution in [0.4, 0.5) is 0 Å². The molecule has 1 aliphatic heterocycles. The fourth-order valence-corrected chi connectivity index (χ4v) is 2.88. The predicted molar refractivity (Wildman–Crippen MR) is 110 cm³/mol. The van der Waals surface area contributed by atoms with Crippen LogP contribution < -0.4 is 15.2 Å². The van der Waals surface area contributed by atoms with E-state index in [0.717, 1.165) is 55.5 Å². The zero-order valence-electron chi connectivity index (χ0n) is 15.0. The molecule has 136 valence electrons. The molecule has 6 heteroatoms. The van der Waals surface area contributed by atoms with E-state index < -0.39 is 0 Å². The van der Waals surface area contributed by atoms with Crippen LogP contribution >= 0.6 is 24.0 Å². The van der Waals surface area contributed by atoms with Gasteiger partial charge in [0.25, 0.3) is 0 Å². The molecule has 5 nitrogen and oxygen atoms in total. The van der Waals surface area contributed by atoms with Gasteiger partial charge in [0, 0.05) is 19.6 Å². The predicted octanol–water partition coefficient (Wildman–Crippen LogP) is 3.30. The molecule has 0 aliphatic carbocycles. The summed E-state index contributed by atoms with van der Waals surface area (Å²) < 4.78 is 10.7. The molecule has 0 amide bonds. The third-order valence-electron chi connectivity index (χ3n) is 4.47. The lowest BCUT2D eigenvalue weighted by Crippen LogP contribution is -2.42. The summed E-state index contributed by atoms with van der Waals surface area (Å²) in [6, 6.07) is 5.88. The normalized spacial score (nSPS) is 15.8. The third-order valence-corrected chi connectivity index (χ3v) is 4.47. The number of piperidine rings is 1. The molecule has 24 heavy (non-hydrogen) atoms. The number of nitrogens with zero attached hydrogens (tertiary/aromatic N) is 2. The van der Waals surface area contributed by atoms with Gasteiger partial charge in [0.05, 0.1) is 14.2 Å². The van der Waals surface area contributed by atoms with Crippen molar-refractivity contribution in [3.8, 4) is 11.5 Å². The summed E-state index contributed by atoms with van der Waals surface area (Å²) in [5.74, 6) is 3.24. The molecule has 1 aromatic rings. The van der Waals surface area contributed by atoms with Crippen molar-refractivity contribution in [2.45, 2.75) is 32.6 Å². The van der Waals surface area contributed by atoms with Crippen molar-refractivity contribution in [3.63, 3.8) is 0 Å². The molecule has 2 rings (SSSR count). The van der Waals surface area contributed by atoms with Gasteiger partial charge in [-0.3, -0.25) is 4.99 Å². The highest BCUT2D eigenvalue weighted by Gasteiger charge is 2.16. The van der Waals surface area contributed by atoms with Gasteiger partial charge in [0.1, 0.15) is 11.5 Å². The zero-order chi connectivity index (χ0) is 16.7. The van der Waals surface area contributed by atoms with Crippen LogP contribution in [0.2, 0.25) is 0 Å². The van der Waals surface area contributed by atoms with Crippen molar-refractivity contribution >= 4 is 29.9 Å². The Balaban J connectivity index is 0.00000288. The quantitative estimate of drug-likeness (QED) is 0.315. The Morgan fingerprint density at radius 2 is 1.96 bits per heavy atom. The van der Waals surface area contributed by atoms with Crippen molar-refractivity contribution in [3.05, 3.63) is 23.8 Å². The number of halogens is 1. The molecule has 1 saturated heterocycles. The lowest BCUT2D eigenvalue weighted by Gasteiger charge is -2.31. The van der Waals surface area contributed by atoms with Crippen LogP contribution in [0.5, 0.6) is 11.5 Å². The summed E-state index contributed by atoms with van der Waals surface area (Å²) in [4.78, 5) is 6.73. The average Bonchev–Trinajstić information content (AvgIpc) is 2.58. The van der Waals surface area contributed by atoms with E-state index in [1.54, 1.807) is 14.2 Å². The molecule has 0 bridgehead atoms. The molecule has 0 unspecified atom stereocenters. The van der Waals surface area contributed by atoms with Gasteiger partial charge in [-0.05, 0) is 55.4 Å². The lowest BCUT2D eigenvalue weighted by molar-refractivity contribution is 0.277. The van der Waals surface area contributed by atoms with Gasteiger partial charge in [0.2, 0.25) is 0 Å². The molecule has 0 radical (unpaired) electrons. The molecular formula is C18H30IN3O2. The fraction of sp³-hybridized carbons (Fsp3) is 0.611. The minimum absolute atomic E-state index is 0. The molecule has 1 heterocycles. The summed E-state index contributed by atoms with van der Waals surface area (Å²) >= 11 is 0. The summed E-state index contributed by atoms with van der Waals surface area (Å²) in [6.45, 7) is 5.09. The maximum absolute atomic E-state index is 6.11. The summed E-state index contributed by atoms with van der Waals surface area (Å²) in [5.41, 5.74) is 7.25. The minimum Gasteiger partial charge on any atom is -0.497 e. The van der Waals surface area contributed by atoms with Crippen LogP contribution in [0, 0.1) is 5.92 Å². The van der Waals surface area contributed by atoms with Gasteiger partial charge in [0.15, 0.2) is 5.96 Å². The second kappa shape index (κ2) is 10.6. The first kappa shape index (κ1) is 20.9. The van der Waals surface area contributed by atoms with Crippen molar-refractivity contribution in [2.24, 2.45) is 16.6 Å². The standard InChI is InChI=1S/C18H29N3O2.HI/c1-14-8-11-21(12-9-14)18(19)20-10-4-5-15-13-16(22-2)6-7-17(15)23-3;/h6-7,13-14H,4-5,8-12H2,1-3H3,(H2,19,20);1H. The third kappa shape index (κ3) is 6.03. The Labute approximate surface area is 162 Å². The van der Waals surface area contributed by atoms with Gasteiger partial charge in [-0.2, -0.15) is 0 Å². The number of nitrogens with two attached hydrogens (primary N) is 1. The van der Waals surface area contributed by atoms with Gasteiger partial charge in [-0.1, -0.05) is 6.92 Å². The van der Waals surface area contributed by atoms with Crippen molar-refractivity contribution in [1.29, 1.82) is 0 Å². The highest BCUT2D eigenvalue weighted by Crippen LogP contribution is 2.25. The Morgan fingerprint density at radius 1 is 1.25 bits per heavy atom. The van der Waals surface area contributed by atoms with E-state index in [2.05, 4.69) is 16.8 Å². The fourth-order valence-electron chi connectivity index (χ4n) is 2.88. The van der Waals surface area contributed by atoms with Gasteiger partial charge in [-0.15, -0.1) is 24.0 Å². The zero-order valence-corrected chi connectivity index (χ0v) is 17.3. The number of aliphatic imine (C=N–C) groups is 1. The smallest absolute Gasteiger partial charge is 0.191 e. The highest BCUT2D eigenvalue weighted by atomic mass is 127. The Bertz CT molecular complexity index is 529. The first-order chi connectivity index (χ1) is 11.1. The van der Waals surface area contributed by atoms with E-state index in [1.807, 2.05) is 18.2 Å². The molecule has 1 fully saturated rings. The number of benzene rings is 1. The van der Waals surface area contributed by atoms with E-state index in [1.165, 1.54) is 12.8 Å². The topological polar surface area (TPSA) is 60.1 Å². The molecule has 0 atom stereocenters. The van der Waals surface area contributed by atoms with E-state index in [0.29, 0.717) is 5.96 Å². The number of hydrogen-bond acceptors (Lipinski definition) is 3. The van der Waals surface area contributed by atoms with E-state index >= 15 is 0 Å². The van der Waals surface area contributed by atoms with E-state index in [4.69, 9.17) is 15.2 Å². The lowest BCUT2D eigenvalue weighted by atomic mass is 10.00. The number of hydrogen-bond donors (Lipinski definition) is 1. The van der Waals surface area contributed by atoms with Crippen LogP contribution in [-0.4, -0.2) is 44.7 Å². The maximum atomic E-state index is 6.11. The second-order valence-corrected chi connectivity index (χ2v) is 6.19. The summed E-state index contributed by atoms with van der Waals surface area (Å²) in [7, 11) is 3.37. The van der Waals surface area contributed by atoms with Crippen LogP contribution in [0.15, 0.2) is 23.2 Å². The first-order valence-corrected chi connectivity index (χ1v) is 8.39. The number of aryl methyl sites for hydroxylation is 1. The first-order valence-electron chi connectivity index (χ1n) is 8.39. The number of guanidine groups is 1. The number of likely N-dealkylation sites (tertiary alicyclic amines) is 1. The van der Waals surface area contributed by atoms with Crippen LogP contribution in [0.3, 0.4) is 0 Å². The number of ether oxygens (including phenoxy) is 2. The minimum atomic E-state index is 0. The van der Waals surface area contributed by atoms with Crippen molar-refractivity contribution < 1.29 is 9.47 Å². The maximum Gasteiger partial charge on any atom is 0.191 e. The number of rotatable bonds is 6. The van der Waals surface area contributed by atoms with Gasteiger partial charge in [-0.25, -0.2) is 0 Å². The molecule has 0 aromatic heterocycles. The molecule has 1 aromatic carbocycles. The molecule has 1 aliphatic rings. The summed E-state index contributed by atoms with van der Waals surface area (Å²) in [5, 5.41) is 0. The van der Waals surface area contributed by atoms with Crippen LogP contribution in [0.1, 0.15) is 31.7 Å². The SMILES string of the molecule is COc1ccc(OC)c(CCCN=C(N)N2CCC(C)CC2)c1.I. The van der Waals surface area contributed by atoms with Crippen molar-refractivity contribution in [1.82, 2.24) is 4.90 Å². The van der Waals surface area contributed by atoms with E-state index in [9.17, 15) is 0 Å². The monoisotopic (exact) mass is 447 g/mol. The van der Waals surface area contributed by atoms with Crippen molar-refractivity contribution in [2.75, 3.05) is 33.9 Å². The average molecular weight is 447 g/mol.